The second-order valence-electron chi connectivity index (χ2n) is 10.0. The third kappa shape index (κ3) is 3.41. The first-order valence-electron chi connectivity index (χ1n) is 12.3. The molecule has 2 saturated heterocycles. The van der Waals surface area contributed by atoms with Crippen LogP contribution in [-0.4, -0.2) is 48.7 Å². The fourth-order valence-corrected chi connectivity index (χ4v) is 6.33. The number of nitrogens with zero attached hydrogens (tertiary/aromatic N) is 4. The standard InChI is InChI=1S/C27H26N4O5/c1-16(32)17-4-6-20(7-5-17)28-10-12-29(13-11-28)22-9-8-21(15-23(22)31(35)36)30-26(33)24-18-2-3-19(14-18)25(24)27(30)34/h2-9,15,18-19,24-25H,10-14H2,1H3/t18-,19-,24+,25+/m0/s1. The first-order chi connectivity index (χ1) is 17.3. The van der Waals surface area contributed by atoms with Crippen LogP contribution in [0.15, 0.2) is 54.6 Å². The lowest BCUT2D eigenvalue weighted by Crippen LogP contribution is -2.46. The molecule has 3 fully saturated rings. The first-order valence-corrected chi connectivity index (χ1v) is 12.3. The molecular weight excluding hydrogens is 460 g/mol. The van der Waals surface area contributed by atoms with Gasteiger partial charge in [0.1, 0.15) is 5.69 Å². The summed E-state index contributed by atoms with van der Waals surface area (Å²) in [5.41, 5.74) is 2.32. The van der Waals surface area contributed by atoms with Crippen LogP contribution >= 0.6 is 0 Å². The van der Waals surface area contributed by atoms with E-state index in [2.05, 4.69) is 4.90 Å². The van der Waals surface area contributed by atoms with Crippen LogP contribution in [0, 0.1) is 33.8 Å². The van der Waals surface area contributed by atoms with Crippen molar-refractivity contribution in [2.45, 2.75) is 13.3 Å². The van der Waals surface area contributed by atoms with Gasteiger partial charge in [-0.25, -0.2) is 4.90 Å². The summed E-state index contributed by atoms with van der Waals surface area (Å²) in [4.78, 5) is 54.7. The number of fused-ring (bicyclic) bond motifs is 5. The Hall–Kier alpha value is -4.01. The smallest absolute Gasteiger partial charge is 0.294 e. The van der Waals surface area contributed by atoms with Crippen molar-refractivity contribution < 1.29 is 19.3 Å². The SMILES string of the molecule is CC(=O)c1ccc(N2CCN(c3ccc(N4C(=O)[C@H]5[C@H](C4=O)[C@H]4C=C[C@H]5C4)cc3[N+](=O)[O-])CC2)cc1. The van der Waals surface area contributed by atoms with Crippen LogP contribution in [-0.2, 0) is 9.59 Å². The van der Waals surface area contributed by atoms with Crippen LogP contribution < -0.4 is 14.7 Å². The zero-order chi connectivity index (χ0) is 25.1. The Labute approximate surface area is 208 Å². The van der Waals surface area contributed by atoms with Crippen molar-refractivity contribution in [2.24, 2.45) is 23.7 Å². The van der Waals surface area contributed by atoms with Crippen molar-refractivity contribution in [1.29, 1.82) is 0 Å². The number of imide groups is 1. The van der Waals surface area contributed by atoms with Crippen molar-refractivity contribution in [3.8, 4) is 0 Å². The van der Waals surface area contributed by atoms with Crippen LogP contribution in [0.5, 0.6) is 0 Å². The molecule has 0 aromatic heterocycles. The average molecular weight is 487 g/mol. The molecule has 1 saturated carbocycles. The highest BCUT2D eigenvalue weighted by molar-refractivity contribution is 6.23. The molecule has 2 heterocycles. The van der Waals surface area contributed by atoms with E-state index in [-0.39, 0.29) is 52.6 Å². The molecule has 9 heteroatoms. The van der Waals surface area contributed by atoms with Gasteiger partial charge >= 0.3 is 0 Å². The summed E-state index contributed by atoms with van der Waals surface area (Å²) in [7, 11) is 0. The third-order valence-electron chi connectivity index (χ3n) is 8.14. The number of carbonyl (C=O) groups is 3. The van der Waals surface area contributed by atoms with Crippen LogP contribution in [0.2, 0.25) is 0 Å². The molecule has 2 amide bonds. The lowest BCUT2D eigenvalue weighted by atomic mass is 9.85. The van der Waals surface area contributed by atoms with Crippen LogP contribution in [0.4, 0.5) is 22.7 Å². The number of anilines is 3. The van der Waals surface area contributed by atoms with Crippen molar-refractivity contribution in [3.63, 3.8) is 0 Å². The molecule has 0 N–H and O–H groups in total. The maximum Gasteiger partial charge on any atom is 0.294 e. The van der Waals surface area contributed by atoms with E-state index in [0.717, 1.165) is 12.1 Å². The molecule has 2 aromatic carbocycles. The topological polar surface area (TPSA) is 104 Å². The molecule has 4 aliphatic rings. The monoisotopic (exact) mass is 486 g/mol. The van der Waals surface area contributed by atoms with E-state index in [9.17, 15) is 24.5 Å². The highest BCUT2D eigenvalue weighted by Gasteiger charge is 2.59. The quantitative estimate of drug-likeness (QED) is 0.210. The largest absolute Gasteiger partial charge is 0.368 e. The van der Waals surface area contributed by atoms with Crippen molar-refractivity contribution in [1.82, 2.24) is 0 Å². The number of ketones is 1. The summed E-state index contributed by atoms with van der Waals surface area (Å²) < 4.78 is 0. The maximum absolute atomic E-state index is 13.2. The fraction of sp³-hybridized carbons (Fsp3) is 0.370. The molecule has 0 unspecified atom stereocenters. The molecule has 184 valence electrons. The summed E-state index contributed by atoms with van der Waals surface area (Å²) in [6.45, 7) is 4.03. The number of carbonyl (C=O) groups excluding carboxylic acids is 3. The molecule has 2 aliphatic carbocycles. The Kier molecular flexibility index (Phi) is 5.17. The predicted octanol–water partition coefficient (Wildman–Crippen LogP) is 3.44. The normalized spacial score (nSPS) is 26.6. The molecule has 0 spiro atoms. The molecule has 2 aliphatic heterocycles. The highest BCUT2D eigenvalue weighted by Crippen LogP contribution is 2.53. The summed E-state index contributed by atoms with van der Waals surface area (Å²) in [6, 6.07) is 12.1. The Morgan fingerprint density at radius 2 is 1.42 bits per heavy atom. The van der Waals surface area contributed by atoms with Gasteiger partial charge < -0.3 is 9.80 Å². The van der Waals surface area contributed by atoms with Gasteiger partial charge in [0.05, 0.1) is 22.4 Å². The Balaban J connectivity index is 1.21. The Morgan fingerprint density at radius 3 is 1.97 bits per heavy atom. The van der Waals surface area contributed by atoms with Gasteiger partial charge in [0.2, 0.25) is 11.8 Å². The maximum atomic E-state index is 13.2. The average Bonchev–Trinajstić information content (AvgIpc) is 3.57. The van der Waals surface area contributed by atoms with Gasteiger partial charge in [-0.15, -0.1) is 0 Å². The minimum Gasteiger partial charge on any atom is -0.368 e. The number of amides is 2. The van der Waals surface area contributed by atoms with E-state index in [1.165, 1.54) is 17.9 Å². The van der Waals surface area contributed by atoms with E-state index < -0.39 is 4.92 Å². The second-order valence-corrected chi connectivity index (χ2v) is 10.0. The van der Waals surface area contributed by atoms with Crippen molar-refractivity contribution in [3.05, 3.63) is 70.3 Å². The van der Waals surface area contributed by atoms with Gasteiger partial charge in [-0.1, -0.05) is 12.2 Å². The number of hydrogen-bond donors (Lipinski definition) is 0. The zero-order valence-electron chi connectivity index (χ0n) is 19.9. The molecule has 36 heavy (non-hydrogen) atoms. The van der Waals surface area contributed by atoms with Crippen LogP contribution in [0.1, 0.15) is 23.7 Å². The van der Waals surface area contributed by atoms with E-state index in [0.29, 0.717) is 37.4 Å². The molecule has 9 nitrogen and oxygen atoms in total. The second kappa shape index (κ2) is 8.29. The number of nitro groups is 1. The van der Waals surface area contributed by atoms with Gasteiger partial charge in [-0.3, -0.25) is 24.5 Å². The molecule has 2 aromatic rings. The first kappa shape index (κ1) is 22.5. The number of piperazine rings is 1. The van der Waals surface area contributed by atoms with E-state index >= 15 is 0 Å². The van der Waals surface area contributed by atoms with Gasteiger partial charge in [0.25, 0.3) is 5.69 Å². The lowest BCUT2D eigenvalue weighted by Gasteiger charge is -2.37. The number of Topliss-reactive ketones (excluding diaryl/α,β-unsaturated/α-hetero) is 1. The minimum atomic E-state index is -0.442. The van der Waals surface area contributed by atoms with E-state index in [4.69, 9.17) is 0 Å². The van der Waals surface area contributed by atoms with Gasteiger partial charge in [-0.05, 0) is 61.6 Å². The van der Waals surface area contributed by atoms with Crippen molar-refractivity contribution in [2.75, 3.05) is 40.9 Å². The summed E-state index contributed by atoms with van der Waals surface area (Å²) in [6.07, 6.45) is 4.90. The van der Waals surface area contributed by atoms with E-state index in [1.807, 2.05) is 41.3 Å². The number of benzene rings is 2. The Bertz CT molecular complexity index is 1280. The van der Waals surface area contributed by atoms with Crippen LogP contribution in [0.25, 0.3) is 0 Å². The van der Waals surface area contributed by atoms with Gasteiger partial charge in [0, 0.05) is 43.5 Å². The number of rotatable bonds is 5. The van der Waals surface area contributed by atoms with Crippen molar-refractivity contribution >= 4 is 40.3 Å². The molecule has 4 atom stereocenters. The number of hydrogen-bond acceptors (Lipinski definition) is 7. The minimum absolute atomic E-state index is 0.0201. The molecule has 2 bridgehead atoms. The third-order valence-corrected chi connectivity index (χ3v) is 8.14. The van der Waals surface area contributed by atoms with Crippen LogP contribution in [0.3, 0.4) is 0 Å². The zero-order valence-corrected chi connectivity index (χ0v) is 19.9. The highest BCUT2D eigenvalue weighted by atomic mass is 16.6. The Morgan fingerprint density at radius 1 is 0.861 bits per heavy atom. The molecule has 6 rings (SSSR count). The van der Waals surface area contributed by atoms with Gasteiger partial charge in [0.15, 0.2) is 5.78 Å². The number of allylic oxidation sites excluding steroid dienone is 2. The summed E-state index contributed by atoms with van der Waals surface area (Å²) in [5, 5.41) is 12.0. The van der Waals surface area contributed by atoms with Gasteiger partial charge in [-0.2, -0.15) is 0 Å². The molecular formula is C27H26N4O5. The summed E-state index contributed by atoms with van der Waals surface area (Å²) in [5.74, 6) is -0.975. The predicted molar refractivity (Wildman–Crippen MR) is 134 cm³/mol. The molecule has 0 radical (unpaired) electrons. The van der Waals surface area contributed by atoms with E-state index in [1.54, 1.807) is 12.1 Å². The summed E-state index contributed by atoms with van der Waals surface area (Å²) >= 11 is 0. The number of nitro benzene ring substituents is 1. The fourth-order valence-electron chi connectivity index (χ4n) is 6.33. The lowest BCUT2D eigenvalue weighted by molar-refractivity contribution is -0.384.